The Balaban J connectivity index is 2.15. The summed E-state index contributed by atoms with van der Waals surface area (Å²) in [7, 11) is 2.03. The summed E-state index contributed by atoms with van der Waals surface area (Å²) < 4.78 is 0. The summed E-state index contributed by atoms with van der Waals surface area (Å²) in [5, 5.41) is 6.23. The molecule has 2 aliphatic rings. The van der Waals surface area contributed by atoms with Crippen molar-refractivity contribution >= 4 is 35.2 Å². The number of benzene rings is 1. The van der Waals surface area contributed by atoms with Crippen molar-refractivity contribution in [1.29, 1.82) is 0 Å². The van der Waals surface area contributed by atoms with Crippen molar-refractivity contribution in [3.8, 4) is 0 Å². The molecule has 0 saturated heterocycles. The van der Waals surface area contributed by atoms with E-state index in [-0.39, 0.29) is 0 Å². The zero-order valence-corrected chi connectivity index (χ0v) is 12.2. The molecule has 0 unspecified atom stereocenters. The Morgan fingerprint density at radius 1 is 1.50 bits per heavy atom. The van der Waals surface area contributed by atoms with Crippen LogP contribution in [0.2, 0.25) is 0 Å². The van der Waals surface area contributed by atoms with Crippen molar-refractivity contribution in [2.45, 2.75) is 6.42 Å². The fraction of sp³-hybridized carbons (Fsp3) is 0.267. The number of hydrogen-bond donors (Lipinski definition) is 2. The molecule has 0 fully saturated rings. The van der Waals surface area contributed by atoms with Gasteiger partial charge in [0.25, 0.3) is 0 Å². The van der Waals surface area contributed by atoms with Crippen LogP contribution in [0.25, 0.3) is 5.70 Å². The number of rotatable bonds is 2. The molecule has 104 valence electrons. The lowest BCUT2D eigenvalue weighted by Gasteiger charge is -2.33. The summed E-state index contributed by atoms with van der Waals surface area (Å²) in [6, 6.07) is 5.95. The largest absolute Gasteiger partial charge is 0.383 e. The number of nitrogens with zero attached hydrogens (tertiary/aromatic N) is 1. The van der Waals surface area contributed by atoms with Crippen molar-refractivity contribution in [3.63, 3.8) is 0 Å². The fourth-order valence-corrected chi connectivity index (χ4v) is 3.66. The number of anilines is 2. The summed E-state index contributed by atoms with van der Waals surface area (Å²) in [5.41, 5.74) is 5.21. The molecule has 0 saturated carbocycles. The van der Waals surface area contributed by atoms with Crippen molar-refractivity contribution in [3.05, 3.63) is 40.9 Å². The highest BCUT2D eigenvalue weighted by Gasteiger charge is 2.27. The predicted octanol–water partition coefficient (Wildman–Crippen LogP) is 2.61. The number of likely N-dealkylation sites (N-methyl/N-ethyl adjacent to an activating group) is 1. The number of carbonyl (C=O) groups is 1. The first-order valence-electron chi connectivity index (χ1n) is 6.61. The van der Waals surface area contributed by atoms with Crippen molar-refractivity contribution in [2.24, 2.45) is 0 Å². The van der Waals surface area contributed by atoms with Crippen molar-refractivity contribution in [1.82, 2.24) is 5.32 Å². The Labute approximate surface area is 122 Å². The minimum absolute atomic E-state index is 0.706. The topological polar surface area (TPSA) is 44.4 Å². The predicted molar refractivity (Wildman–Crippen MR) is 85.7 cm³/mol. The third kappa shape index (κ3) is 2.08. The zero-order chi connectivity index (χ0) is 14.1. The van der Waals surface area contributed by atoms with Gasteiger partial charge < -0.3 is 15.5 Å². The van der Waals surface area contributed by atoms with Crippen LogP contribution in [0, 0.1) is 0 Å². The van der Waals surface area contributed by atoms with Gasteiger partial charge >= 0.3 is 0 Å². The summed E-state index contributed by atoms with van der Waals surface area (Å²) in [6.45, 7) is 5.18. The molecule has 0 atom stereocenters. The van der Waals surface area contributed by atoms with E-state index in [0.29, 0.717) is 6.41 Å². The van der Waals surface area contributed by atoms with Gasteiger partial charge in [-0.05, 0) is 30.4 Å². The number of fused-ring (bicyclic) bond motifs is 2. The van der Waals surface area contributed by atoms with Crippen molar-refractivity contribution in [2.75, 3.05) is 29.6 Å². The molecule has 2 heterocycles. The molecule has 2 N–H and O–H groups in total. The Morgan fingerprint density at radius 2 is 2.35 bits per heavy atom. The van der Waals surface area contributed by atoms with Gasteiger partial charge in [-0.1, -0.05) is 6.58 Å². The molecule has 1 aromatic rings. The van der Waals surface area contributed by atoms with Gasteiger partial charge in [0.15, 0.2) is 0 Å². The highest BCUT2D eigenvalue weighted by Crippen LogP contribution is 2.43. The lowest BCUT2D eigenvalue weighted by atomic mass is 10.0. The highest BCUT2D eigenvalue weighted by molar-refractivity contribution is 8.03. The van der Waals surface area contributed by atoms with Crippen LogP contribution in [0.5, 0.6) is 0 Å². The number of thioether (sulfide) groups is 1. The standard InChI is InChI=1S/C15H17N3OS/c1-10-15-14(16-6-3-7-20-15)12-8-11(17-9-19)4-5-13(12)18(10)2/h4-5,8-9,16H,1,3,6-7H2,2H3,(H,17,19). The van der Waals surface area contributed by atoms with E-state index >= 15 is 0 Å². The quantitative estimate of drug-likeness (QED) is 0.821. The number of hydrogen-bond acceptors (Lipinski definition) is 4. The normalized spacial score (nSPS) is 17.9. The minimum atomic E-state index is 0.706. The summed E-state index contributed by atoms with van der Waals surface area (Å²) >= 11 is 1.85. The van der Waals surface area contributed by atoms with Gasteiger partial charge in [-0.2, -0.15) is 0 Å². The van der Waals surface area contributed by atoms with E-state index < -0.39 is 0 Å². The molecule has 20 heavy (non-hydrogen) atoms. The van der Waals surface area contributed by atoms with Gasteiger partial charge in [-0.3, -0.25) is 4.79 Å². The number of carbonyl (C=O) groups excluding carboxylic acids is 1. The first-order chi connectivity index (χ1) is 9.72. The highest BCUT2D eigenvalue weighted by atomic mass is 32.2. The Morgan fingerprint density at radius 3 is 3.15 bits per heavy atom. The Hall–Kier alpha value is -1.88. The van der Waals surface area contributed by atoms with Crippen LogP contribution >= 0.6 is 11.8 Å². The second-order valence-corrected chi connectivity index (χ2v) is 5.94. The average molecular weight is 287 g/mol. The molecule has 1 amide bonds. The third-order valence-corrected chi connectivity index (χ3v) is 4.84. The Bertz CT molecular complexity index is 609. The van der Waals surface area contributed by atoms with E-state index in [0.717, 1.165) is 47.1 Å². The fourth-order valence-electron chi connectivity index (χ4n) is 2.54. The summed E-state index contributed by atoms with van der Waals surface area (Å²) in [5.74, 6) is 1.10. The zero-order valence-electron chi connectivity index (χ0n) is 11.4. The maximum Gasteiger partial charge on any atom is 0.211 e. The number of amides is 1. The van der Waals surface area contributed by atoms with Crippen LogP contribution < -0.4 is 15.5 Å². The molecule has 0 spiro atoms. The van der Waals surface area contributed by atoms with Gasteiger partial charge in [-0.15, -0.1) is 11.8 Å². The van der Waals surface area contributed by atoms with Gasteiger partial charge in [0.1, 0.15) is 0 Å². The van der Waals surface area contributed by atoms with E-state index in [1.807, 2.05) is 37.0 Å². The van der Waals surface area contributed by atoms with Crippen LogP contribution in [0.15, 0.2) is 35.4 Å². The van der Waals surface area contributed by atoms with Gasteiger partial charge in [-0.25, -0.2) is 0 Å². The molecule has 2 aliphatic heterocycles. The lowest BCUT2D eigenvalue weighted by molar-refractivity contribution is -0.105. The maximum atomic E-state index is 10.6. The molecule has 0 aromatic heterocycles. The molecule has 4 nitrogen and oxygen atoms in total. The second kappa shape index (κ2) is 5.25. The third-order valence-electron chi connectivity index (χ3n) is 3.62. The molecular weight excluding hydrogens is 270 g/mol. The van der Waals surface area contributed by atoms with Crippen LogP contribution in [0.3, 0.4) is 0 Å². The van der Waals surface area contributed by atoms with Gasteiger partial charge in [0.2, 0.25) is 6.41 Å². The molecule has 3 rings (SSSR count). The monoisotopic (exact) mass is 287 g/mol. The summed E-state index contributed by atoms with van der Waals surface area (Å²) in [6.07, 6.45) is 1.84. The van der Waals surface area contributed by atoms with Crippen LogP contribution in [-0.2, 0) is 4.79 Å². The van der Waals surface area contributed by atoms with Gasteiger partial charge in [0.05, 0.1) is 16.3 Å². The lowest BCUT2D eigenvalue weighted by Crippen LogP contribution is -2.26. The average Bonchev–Trinajstić information content (AvgIpc) is 2.71. The van der Waals surface area contributed by atoms with Crippen LogP contribution in [-0.4, -0.2) is 25.8 Å². The molecular formula is C15H17N3OS. The van der Waals surface area contributed by atoms with E-state index in [9.17, 15) is 4.79 Å². The maximum absolute atomic E-state index is 10.6. The first kappa shape index (κ1) is 13.1. The van der Waals surface area contributed by atoms with Crippen molar-refractivity contribution < 1.29 is 4.79 Å². The van der Waals surface area contributed by atoms with E-state index in [1.54, 1.807) is 0 Å². The second-order valence-electron chi connectivity index (χ2n) is 4.83. The molecule has 0 radical (unpaired) electrons. The van der Waals surface area contributed by atoms with E-state index in [4.69, 9.17) is 0 Å². The van der Waals surface area contributed by atoms with Crippen LogP contribution in [0.4, 0.5) is 11.4 Å². The minimum Gasteiger partial charge on any atom is -0.383 e. The summed E-state index contributed by atoms with van der Waals surface area (Å²) in [4.78, 5) is 13.9. The molecule has 1 aromatic carbocycles. The molecule has 5 heteroatoms. The Kier molecular flexibility index (Phi) is 3.44. The van der Waals surface area contributed by atoms with Crippen LogP contribution in [0.1, 0.15) is 12.0 Å². The molecule has 0 bridgehead atoms. The first-order valence-corrected chi connectivity index (χ1v) is 7.59. The SMILES string of the molecule is C=C1C2=C(NCCCS2)c2cc(NC=O)ccc2N1C. The smallest absolute Gasteiger partial charge is 0.211 e. The number of nitrogens with one attached hydrogen (secondary N) is 2. The van der Waals surface area contributed by atoms with E-state index in [1.165, 1.54) is 4.91 Å². The van der Waals surface area contributed by atoms with Gasteiger partial charge in [0, 0.05) is 30.5 Å². The molecule has 0 aliphatic carbocycles. The van der Waals surface area contributed by atoms with E-state index in [2.05, 4.69) is 22.1 Å².